The lowest BCUT2D eigenvalue weighted by molar-refractivity contribution is 0.738. The van der Waals surface area contributed by atoms with Crippen LogP contribution in [-0.4, -0.2) is 19.7 Å². The summed E-state index contributed by atoms with van der Waals surface area (Å²) in [6, 6.07) is 2.02. The van der Waals surface area contributed by atoms with Crippen molar-refractivity contribution in [2.45, 2.75) is 46.5 Å². The van der Waals surface area contributed by atoms with Crippen molar-refractivity contribution in [3.63, 3.8) is 0 Å². The van der Waals surface area contributed by atoms with E-state index in [1.807, 2.05) is 19.2 Å². The van der Waals surface area contributed by atoms with Gasteiger partial charge in [0.05, 0.1) is 5.69 Å². The molecule has 2 heterocycles. The first-order valence-electron chi connectivity index (χ1n) is 6.96. The average Bonchev–Trinajstić information content (AvgIpc) is 2.90. The molecule has 0 atom stereocenters. The third-order valence-electron chi connectivity index (χ3n) is 3.20. The van der Waals surface area contributed by atoms with E-state index in [0.717, 1.165) is 35.7 Å². The highest BCUT2D eigenvalue weighted by Crippen LogP contribution is 2.20. The van der Waals surface area contributed by atoms with E-state index in [9.17, 15) is 0 Å². The van der Waals surface area contributed by atoms with Crippen molar-refractivity contribution in [1.82, 2.24) is 19.7 Å². The van der Waals surface area contributed by atoms with Gasteiger partial charge in [0.15, 0.2) is 5.82 Å². The summed E-state index contributed by atoms with van der Waals surface area (Å²) in [7, 11) is 0. The molecule has 0 saturated heterocycles. The number of hydrazine groups is 1. The number of hydrogen-bond acceptors (Lipinski definition) is 5. The van der Waals surface area contributed by atoms with E-state index in [-0.39, 0.29) is 0 Å². The Hall–Kier alpha value is -1.95. The smallest absolute Gasteiger partial charge is 0.162 e. The highest BCUT2D eigenvalue weighted by Gasteiger charge is 2.13. The van der Waals surface area contributed by atoms with Crippen molar-refractivity contribution < 1.29 is 0 Å². The molecule has 0 unspecified atom stereocenters. The summed E-state index contributed by atoms with van der Waals surface area (Å²) in [6.45, 7) is 8.28. The van der Waals surface area contributed by atoms with Crippen LogP contribution in [0.4, 0.5) is 5.82 Å². The first-order valence-corrected chi connectivity index (χ1v) is 6.96. The summed E-state index contributed by atoms with van der Waals surface area (Å²) in [5.41, 5.74) is 4.58. The lowest BCUT2D eigenvalue weighted by Gasteiger charge is -2.11. The predicted molar refractivity (Wildman–Crippen MR) is 79.8 cm³/mol. The lowest BCUT2D eigenvalue weighted by atomic mass is 10.1. The second kappa shape index (κ2) is 6.00. The quantitative estimate of drug-likeness (QED) is 0.646. The van der Waals surface area contributed by atoms with E-state index in [1.54, 1.807) is 4.68 Å². The van der Waals surface area contributed by atoms with Gasteiger partial charge in [0.1, 0.15) is 11.6 Å². The molecule has 0 saturated carbocycles. The topological polar surface area (TPSA) is 81.6 Å². The molecular weight excluding hydrogens is 252 g/mol. The van der Waals surface area contributed by atoms with Gasteiger partial charge >= 0.3 is 0 Å². The number of hydrogen-bond donors (Lipinski definition) is 2. The number of nitrogens with zero attached hydrogens (tertiary/aromatic N) is 4. The first kappa shape index (κ1) is 14.5. The fourth-order valence-electron chi connectivity index (χ4n) is 2.01. The molecule has 3 N–H and O–H groups in total. The van der Waals surface area contributed by atoms with E-state index >= 15 is 0 Å². The molecular formula is C14H22N6. The minimum absolute atomic E-state index is 0.389. The Morgan fingerprint density at radius 3 is 2.65 bits per heavy atom. The summed E-state index contributed by atoms with van der Waals surface area (Å²) < 4.78 is 1.80. The Balaban J connectivity index is 2.50. The molecule has 0 aliphatic heterocycles. The van der Waals surface area contributed by atoms with Crippen molar-refractivity contribution >= 4 is 5.82 Å². The predicted octanol–water partition coefficient (Wildman–Crippen LogP) is 2.33. The fourth-order valence-corrected chi connectivity index (χ4v) is 2.01. The lowest BCUT2D eigenvalue weighted by Crippen LogP contribution is -2.15. The van der Waals surface area contributed by atoms with E-state index < -0.39 is 0 Å². The molecule has 0 bridgehead atoms. The van der Waals surface area contributed by atoms with Crippen molar-refractivity contribution in [1.29, 1.82) is 0 Å². The van der Waals surface area contributed by atoms with Gasteiger partial charge in [-0.05, 0) is 25.3 Å². The molecule has 0 aliphatic rings. The molecule has 20 heavy (non-hydrogen) atoms. The number of aromatic nitrogens is 4. The SMILES string of the molecule is CCCc1nc(NN)c(C)c(-n2ccc(C(C)C)n2)n1. The van der Waals surface area contributed by atoms with Crippen molar-refractivity contribution in [3.8, 4) is 5.82 Å². The Kier molecular flexibility index (Phi) is 4.34. The highest BCUT2D eigenvalue weighted by molar-refractivity contribution is 5.50. The minimum atomic E-state index is 0.389. The van der Waals surface area contributed by atoms with Gasteiger partial charge in [-0.3, -0.25) is 0 Å². The monoisotopic (exact) mass is 274 g/mol. The molecule has 0 fully saturated rings. The number of rotatable bonds is 5. The molecule has 0 spiro atoms. The van der Waals surface area contributed by atoms with E-state index in [2.05, 4.69) is 41.3 Å². The maximum atomic E-state index is 5.55. The third-order valence-corrected chi connectivity index (χ3v) is 3.20. The molecule has 6 nitrogen and oxygen atoms in total. The van der Waals surface area contributed by atoms with E-state index in [4.69, 9.17) is 5.84 Å². The van der Waals surface area contributed by atoms with Gasteiger partial charge in [0.2, 0.25) is 0 Å². The van der Waals surface area contributed by atoms with Gasteiger partial charge in [-0.2, -0.15) is 5.10 Å². The second-order valence-electron chi connectivity index (χ2n) is 5.17. The van der Waals surface area contributed by atoms with Crippen LogP contribution in [0.25, 0.3) is 5.82 Å². The molecule has 0 aromatic carbocycles. The standard InChI is InChI=1S/C14H22N6/c1-5-6-12-16-13(18-15)10(4)14(17-12)20-8-7-11(19-20)9(2)3/h7-9H,5-6,15H2,1-4H3,(H,16,17,18). The van der Waals surface area contributed by atoms with Crippen LogP contribution in [0.3, 0.4) is 0 Å². The van der Waals surface area contributed by atoms with Gasteiger partial charge in [-0.15, -0.1) is 0 Å². The Labute approximate surface area is 119 Å². The van der Waals surface area contributed by atoms with Crippen LogP contribution in [0.2, 0.25) is 0 Å². The van der Waals surface area contributed by atoms with Crippen LogP contribution < -0.4 is 11.3 Å². The number of nitrogen functional groups attached to an aromatic ring is 1. The highest BCUT2D eigenvalue weighted by atomic mass is 15.3. The van der Waals surface area contributed by atoms with Crippen LogP contribution in [0.15, 0.2) is 12.3 Å². The van der Waals surface area contributed by atoms with Gasteiger partial charge in [0.25, 0.3) is 0 Å². The molecule has 2 aromatic heterocycles. The van der Waals surface area contributed by atoms with Gasteiger partial charge in [-0.1, -0.05) is 20.8 Å². The third kappa shape index (κ3) is 2.80. The van der Waals surface area contributed by atoms with E-state index in [1.165, 1.54) is 0 Å². The van der Waals surface area contributed by atoms with Crippen molar-refractivity contribution in [2.24, 2.45) is 5.84 Å². The first-order chi connectivity index (χ1) is 9.56. The number of aryl methyl sites for hydroxylation is 1. The average molecular weight is 274 g/mol. The maximum absolute atomic E-state index is 5.55. The zero-order valence-electron chi connectivity index (χ0n) is 12.5. The largest absolute Gasteiger partial charge is 0.308 e. The van der Waals surface area contributed by atoms with Crippen molar-refractivity contribution in [2.75, 3.05) is 5.43 Å². The normalized spacial score (nSPS) is 11.1. The van der Waals surface area contributed by atoms with Crippen LogP contribution in [-0.2, 0) is 6.42 Å². The summed E-state index contributed by atoms with van der Waals surface area (Å²) in [5, 5.41) is 4.58. The summed E-state index contributed by atoms with van der Waals surface area (Å²) in [4.78, 5) is 9.03. The molecule has 108 valence electrons. The molecule has 2 rings (SSSR count). The van der Waals surface area contributed by atoms with E-state index in [0.29, 0.717) is 11.7 Å². The summed E-state index contributed by atoms with van der Waals surface area (Å²) >= 11 is 0. The Bertz CT molecular complexity index is 587. The number of nitrogens with one attached hydrogen (secondary N) is 1. The molecule has 0 radical (unpaired) electrons. The molecule has 6 heteroatoms. The van der Waals surface area contributed by atoms with Gasteiger partial charge in [-0.25, -0.2) is 20.5 Å². The van der Waals surface area contributed by atoms with Gasteiger partial charge in [0, 0.05) is 18.2 Å². The number of nitrogens with two attached hydrogens (primary N) is 1. The molecule has 0 aliphatic carbocycles. The number of anilines is 1. The Morgan fingerprint density at radius 1 is 1.35 bits per heavy atom. The Morgan fingerprint density at radius 2 is 2.10 bits per heavy atom. The van der Waals surface area contributed by atoms with Crippen LogP contribution >= 0.6 is 0 Å². The van der Waals surface area contributed by atoms with Crippen LogP contribution in [0, 0.1) is 6.92 Å². The van der Waals surface area contributed by atoms with Crippen LogP contribution in [0.5, 0.6) is 0 Å². The zero-order valence-corrected chi connectivity index (χ0v) is 12.5. The second-order valence-corrected chi connectivity index (χ2v) is 5.17. The minimum Gasteiger partial charge on any atom is -0.308 e. The van der Waals surface area contributed by atoms with Crippen LogP contribution in [0.1, 0.15) is 50.2 Å². The summed E-state index contributed by atoms with van der Waals surface area (Å²) in [5.74, 6) is 8.15. The van der Waals surface area contributed by atoms with Crippen molar-refractivity contribution in [3.05, 3.63) is 29.3 Å². The fraction of sp³-hybridized carbons (Fsp3) is 0.500. The zero-order chi connectivity index (χ0) is 14.7. The van der Waals surface area contributed by atoms with Gasteiger partial charge < -0.3 is 5.43 Å². The molecule has 2 aromatic rings. The summed E-state index contributed by atoms with van der Waals surface area (Å²) in [6.07, 6.45) is 3.74. The maximum Gasteiger partial charge on any atom is 0.162 e. The molecule has 0 amide bonds.